The fourth-order valence-electron chi connectivity index (χ4n) is 1.63. The molecule has 0 fully saturated rings. The maximum absolute atomic E-state index is 13.9. The summed E-state index contributed by atoms with van der Waals surface area (Å²) in [7, 11) is 0. The van der Waals surface area contributed by atoms with Crippen LogP contribution in [-0.4, -0.2) is 19.6 Å². The van der Waals surface area contributed by atoms with Crippen molar-refractivity contribution in [2.24, 2.45) is 0 Å². The van der Waals surface area contributed by atoms with Crippen LogP contribution in [0, 0.1) is 5.82 Å². The van der Waals surface area contributed by atoms with Crippen molar-refractivity contribution in [2.75, 3.05) is 0 Å². The SMILES string of the molecule is Fc1c(Cl)cccc1-c1nnc2cc(Cl)ncn12. The third-order valence-electron chi connectivity index (χ3n) is 2.46. The molecule has 0 bridgehead atoms. The van der Waals surface area contributed by atoms with Crippen LogP contribution in [0.5, 0.6) is 0 Å². The summed E-state index contributed by atoms with van der Waals surface area (Å²) in [6.45, 7) is 0. The molecule has 2 heterocycles. The molecule has 0 aliphatic heterocycles. The highest BCUT2D eigenvalue weighted by Crippen LogP contribution is 2.26. The van der Waals surface area contributed by atoms with Crippen molar-refractivity contribution in [2.45, 2.75) is 0 Å². The van der Waals surface area contributed by atoms with Gasteiger partial charge >= 0.3 is 0 Å². The number of halogens is 3. The first-order valence-corrected chi connectivity index (χ1v) is 5.73. The predicted octanol–water partition coefficient (Wildman–Crippen LogP) is 3.24. The van der Waals surface area contributed by atoms with Crippen LogP contribution in [0.1, 0.15) is 0 Å². The number of benzene rings is 1. The van der Waals surface area contributed by atoms with Crippen molar-refractivity contribution in [1.29, 1.82) is 0 Å². The molecule has 0 aliphatic rings. The number of rotatable bonds is 1. The minimum Gasteiger partial charge on any atom is -0.265 e. The third kappa shape index (κ3) is 1.72. The fourth-order valence-corrected chi connectivity index (χ4v) is 1.95. The molecule has 0 atom stereocenters. The van der Waals surface area contributed by atoms with E-state index in [1.54, 1.807) is 22.6 Å². The lowest BCUT2D eigenvalue weighted by atomic mass is 10.2. The van der Waals surface area contributed by atoms with Crippen LogP contribution in [0.2, 0.25) is 10.2 Å². The van der Waals surface area contributed by atoms with E-state index >= 15 is 0 Å². The molecule has 4 nitrogen and oxygen atoms in total. The zero-order valence-corrected chi connectivity index (χ0v) is 10.3. The number of fused-ring (bicyclic) bond motifs is 1. The molecule has 0 saturated carbocycles. The summed E-state index contributed by atoms with van der Waals surface area (Å²) in [5.41, 5.74) is 0.753. The van der Waals surface area contributed by atoms with E-state index in [-0.39, 0.29) is 10.6 Å². The first kappa shape index (κ1) is 11.4. The van der Waals surface area contributed by atoms with Gasteiger partial charge in [0.1, 0.15) is 11.5 Å². The summed E-state index contributed by atoms with van der Waals surface area (Å²) in [4.78, 5) is 3.91. The smallest absolute Gasteiger partial charge is 0.172 e. The molecule has 3 rings (SSSR count). The minimum absolute atomic E-state index is 0.0335. The molecular formula is C11H5Cl2FN4. The quantitative estimate of drug-likeness (QED) is 0.644. The van der Waals surface area contributed by atoms with Crippen molar-refractivity contribution in [1.82, 2.24) is 19.6 Å². The lowest BCUT2D eigenvalue weighted by Crippen LogP contribution is -1.94. The number of nitrogens with zero attached hydrogens (tertiary/aromatic N) is 4. The van der Waals surface area contributed by atoms with Crippen molar-refractivity contribution >= 4 is 28.8 Å². The van der Waals surface area contributed by atoms with Crippen LogP contribution in [0.3, 0.4) is 0 Å². The second-order valence-corrected chi connectivity index (χ2v) is 4.36. The molecule has 0 radical (unpaired) electrons. The van der Waals surface area contributed by atoms with Crippen molar-refractivity contribution < 1.29 is 4.39 Å². The van der Waals surface area contributed by atoms with Gasteiger partial charge in [0.05, 0.1) is 10.6 Å². The zero-order chi connectivity index (χ0) is 12.7. The second-order valence-electron chi connectivity index (χ2n) is 3.56. The summed E-state index contributed by atoms with van der Waals surface area (Å²) in [5.74, 6) is -0.211. The van der Waals surface area contributed by atoms with E-state index < -0.39 is 5.82 Å². The fraction of sp³-hybridized carbons (Fsp3) is 0. The van der Waals surface area contributed by atoms with Crippen LogP contribution in [-0.2, 0) is 0 Å². The summed E-state index contributed by atoms with van der Waals surface area (Å²) in [6, 6.07) is 6.23. The molecule has 0 amide bonds. The molecule has 0 spiro atoms. The Hall–Kier alpha value is -1.72. The lowest BCUT2D eigenvalue weighted by molar-refractivity contribution is 0.630. The Morgan fingerprint density at radius 3 is 2.83 bits per heavy atom. The van der Waals surface area contributed by atoms with Crippen LogP contribution >= 0.6 is 23.2 Å². The Labute approximate surface area is 111 Å². The van der Waals surface area contributed by atoms with Gasteiger partial charge in [-0.2, -0.15) is 0 Å². The first-order chi connectivity index (χ1) is 8.66. The van der Waals surface area contributed by atoms with Crippen molar-refractivity contribution in [3.63, 3.8) is 0 Å². The molecule has 0 unspecified atom stereocenters. The van der Waals surface area contributed by atoms with Gasteiger partial charge in [-0.1, -0.05) is 29.3 Å². The lowest BCUT2D eigenvalue weighted by Gasteiger charge is -2.02. The largest absolute Gasteiger partial charge is 0.265 e. The van der Waals surface area contributed by atoms with Gasteiger partial charge < -0.3 is 0 Å². The first-order valence-electron chi connectivity index (χ1n) is 4.97. The van der Waals surface area contributed by atoms with Gasteiger partial charge in [-0.15, -0.1) is 10.2 Å². The van der Waals surface area contributed by atoms with Gasteiger partial charge in [-0.05, 0) is 12.1 Å². The van der Waals surface area contributed by atoms with Crippen LogP contribution < -0.4 is 0 Å². The van der Waals surface area contributed by atoms with E-state index in [0.717, 1.165) is 0 Å². The Balaban J connectivity index is 2.29. The average Bonchev–Trinajstić information content (AvgIpc) is 2.75. The Kier molecular flexibility index (Phi) is 2.65. The highest BCUT2D eigenvalue weighted by atomic mass is 35.5. The molecule has 0 N–H and O–H groups in total. The monoisotopic (exact) mass is 282 g/mol. The number of aromatic nitrogens is 4. The molecule has 3 aromatic rings. The van der Waals surface area contributed by atoms with Crippen molar-refractivity contribution in [3.05, 3.63) is 46.6 Å². The second kappa shape index (κ2) is 4.19. The Morgan fingerprint density at radius 1 is 1.17 bits per heavy atom. The minimum atomic E-state index is -0.539. The van der Waals surface area contributed by atoms with Crippen molar-refractivity contribution in [3.8, 4) is 11.4 Å². The number of hydrogen-bond donors (Lipinski definition) is 0. The zero-order valence-electron chi connectivity index (χ0n) is 8.81. The predicted molar refractivity (Wildman–Crippen MR) is 66.2 cm³/mol. The van der Waals surface area contributed by atoms with Crippen LogP contribution in [0.4, 0.5) is 4.39 Å². The van der Waals surface area contributed by atoms with E-state index in [1.807, 2.05) is 0 Å². The summed E-state index contributed by atoms with van der Waals surface area (Å²) in [6.07, 6.45) is 1.44. The molecule has 7 heteroatoms. The van der Waals surface area contributed by atoms with E-state index in [2.05, 4.69) is 15.2 Å². The van der Waals surface area contributed by atoms with Crippen LogP contribution in [0.25, 0.3) is 17.0 Å². The van der Waals surface area contributed by atoms with Gasteiger partial charge in [0.2, 0.25) is 0 Å². The maximum Gasteiger partial charge on any atom is 0.172 e. The van der Waals surface area contributed by atoms with E-state index in [0.29, 0.717) is 16.6 Å². The van der Waals surface area contributed by atoms with E-state index in [4.69, 9.17) is 23.2 Å². The highest BCUT2D eigenvalue weighted by Gasteiger charge is 2.14. The molecule has 18 heavy (non-hydrogen) atoms. The third-order valence-corrected chi connectivity index (χ3v) is 2.96. The molecule has 2 aromatic heterocycles. The molecule has 90 valence electrons. The summed E-state index contributed by atoms with van der Waals surface area (Å²) >= 11 is 11.5. The average molecular weight is 283 g/mol. The highest BCUT2D eigenvalue weighted by molar-refractivity contribution is 6.31. The molecule has 1 aromatic carbocycles. The van der Waals surface area contributed by atoms with Gasteiger partial charge in [-0.3, -0.25) is 4.40 Å². The van der Waals surface area contributed by atoms with Gasteiger partial charge in [0.25, 0.3) is 0 Å². The standard InChI is InChI=1S/C11H5Cl2FN4/c12-7-3-1-2-6(10(7)14)11-17-16-9-4-8(13)15-5-18(9)11/h1-5H. The van der Waals surface area contributed by atoms with Gasteiger partial charge in [0, 0.05) is 6.07 Å². The number of hydrogen-bond acceptors (Lipinski definition) is 3. The maximum atomic E-state index is 13.9. The molecular weight excluding hydrogens is 278 g/mol. The topological polar surface area (TPSA) is 43.1 Å². The van der Waals surface area contributed by atoms with Gasteiger partial charge in [-0.25, -0.2) is 9.37 Å². The molecule has 0 aliphatic carbocycles. The summed E-state index contributed by atoms with van der Waals surface area (Å²) in [5, 5.41) is 8.16. The molecule has 0 saturated heterocycles. The Morgan fingerprint density at radius 2 is 2.00 bits per heavy atom. The van der Waals surface area contributed by atoms with Gasteiger partial charge in [0.15, 0.2) is 17.3 Å². The Bertz CT molecular complexity index is 741. The normalized spacial score (nSPS) is 11.1. The van der Waals surface area contributed by atoms with E-state index in [9.17, 15) is 4.39 Å². The van der Waals surface area contributed by atoms with E-state index in [1.165, 1.54) is 12.4 Å². The summed E-state index contributed by atoms with van der Waals surface area (Å²) < 4.78 is 15.5. The van der Waals surface area contributed by atoms with Crippen LogP contribution in [0.15, 0.2) is 30.6 Å².